The molecule has 2 amide bonds. The molecule has 0 radical (unpaired) electrons. The lowest BCUT2D eigenvalue weighted by molar-refractivity contribution is -0.123. The van der Waals surface area contributed by atoms with Gasteiger partial charge < -0.3 is 20.7 Å². The molecule has 0 saturated carbocycles. The van der Waals surface area contributed by atoms with Crippen LogP contribution >= 0.6 is 12.4 Å². The molecule has 126 valence electrons. The highest BCUT2D eigenvalue weighted by atomic mass is 35.5. The zero-order valence-corrected chi connectivity index (χ0v) is 13.8. The lowest BCUT2D eigenvalue weighted by Gasteiger charge is -2.29. The normalized spacial score (nSPS) is 20.0. The van der Waals surface area contributed by atoms with E-state index in [9.17, 15) is 9.59 Å². The average Bonchev–Trinajstić information content (AvgIpc) is 2.53. The Morgan fingerprint density at radius 2 is 2.09 bits per heavy atom. The fraction of sp³-hybridized carbons (Fsp3) is 0.375. The van der Waals surface area contributed by atoms with Crippen LogP contribution in [0.1, 0.15) is 17.3 Å². The number of morpholine rings is 1. The molecule has 2 rings (SSSR count). The number of nitrogens with one attached hydrogen (secondary N) is 3. The van der Waals surface area contributed by atoms with E-state index in [1.165, 1.54) is 0 Å². The zero-order chi connectivity index (χ0) is 15.9. The number of carbonyl (C=O) groups is 2. The maximum absolute atomic E-state index is 12.2. The summed E-state index contributed by atoms with van der Waals surface area (Å²) in [4.78, 5) is 23.9. The van der Waals surface area contributed by atoms with Crippen molar-refractivity contribution in [2.75, 3.05) is 25.0 Å². The Kier molecular flexibility index (Phi) is 7.74. The van der Waals surface area contributed by atoms with E-state index in [0.29, 0.717) is 30.9 Å². The minimum Gasteiger partial charge on any atom is -0.375 e. The number of hydrogen-bond acceptors (Lipinski definition) is 4. The fourth-order valence-corrected chi connectivity index (χ4v) is 2.22. The number of amides is 2. The smallest absolute Gasteiger partial charge is 0.251 e. The molecule has 1 fully saturated rings. The lowest BCUT2D eigenvalue weighted by Crippen LogP contribution is -2.53. The zero-order valence-electron chi connectivity index (χ0n) is 13.0. The third-order valence-corrected chi connectivity index (χ3v) is 3.42. The van der Waals surface area contributed by atoms with Crippen molar-refractivity contribution in [3.05, 3.63) is 42.5 Å². The van der Waals surface area contributed by atoms with E-state index in [0.717, 1.165) is 0 Å². The Labute approximate surface area is 142 Å². The summed E-state index contributed by atoms with van der Waals surface area (Å²) in [7, 11) is 0. The molecule has 0 unspecified atom stereocenters. The Hall–Kier alpha value is -1.89. The van der Waals surface area contributed by atoms with Gasteiger partial charge >= 0.3 is 0 Å². The number of rotatable bonds is 5. The van der Waals surface area contributed by atoms with Gasteiger partial charge in [0, 0.05) is 24.3 Å². The van der Waals surface area contributed by atoms with Crippen LogP contribution in [0.2, 0.25) is 0 Å². The maximum atomic E-state index is 12.2. The molecule has 2 atom stereocenters. The van der Waals surface area contributed by atoms with Crippen molar-refractivity contribution in [3.63, 3.8) is 0 Å². The van der Waals surface area contributed by atoms with Crippen LogP contribution in [-0.4, -0.2) is 43.7 Å². The summed E-state index contributed by atoms with van der Waals surface area (Å²) < 4.78 is 5.45. The lowest BCUT2D eigenvalue weighted by atomic mass is 10.1. The van der Waals surface area contributed by atoms with Gasteiger partial charge in [-0.3, -0.25) is 9.59 Å². The first-order valence-electron chi connectivity index (χ1n) is 7.27. The Balaban J connectivity index is 0.00000264. The van der Waals surface area contributed by atoms with Gasteiger partial charge in [-0.15, -0.1) is 19.0 Å². The van der Waals surface area contributed by atoms with E-state index in [1.807, 2.05) is 6.92 Å². The molecule has 6 nitrogen and oxygen atoms in total. The van der Waals surface area contributed by atoms with Crippen LogP contribution < -0.4 is 16.0 Å². The predicted molar refractivity (Wildman–Crippen MR) is 92.1 cm³/mol. The van der Waals surface area contributed by atoms with Crippen LogP contribution in [0.25, 0.3) is 0 Å². The van der Waals surface area contributed by atoms with E-state index in [4.69, 9.17) is 4.74 Å². The topological polar surface area (TPSA) is 79.5 Å². The first-order chi connectivity index (χ1) is 10.6. The first-order valence-corrected chi connectivity index (χ1v) is 7.27. The molecule has 0 aromatic heterocycles. The molecule has 1 heterocycles. The molecule has 3 N–H and O–H groups in total. The molecular formula is C16H22ClN3O3. The number of ether oxygens (including phenoxy) is 1. The predicted octanol–water partition coefficient (Wildman–Crippen LogP) is 1.34. The van der Waals surface area contributed by atoms with Gasteiger partial charge in [-0.05, 0) is 31.2 Å². The standard InChI is InChI=1S/C16H21N3O3.ClH/c1-3-8-18-15(20)12-4-6-13(7-5-12)19-16(21)14-11(2)22-10-9-17-14;/h3-7,11,14,17H,1,8-10H2,2H3,(H,18,20)(H,19,21);1H/t11-,14+;/m1./s1. The number of carbonyl (C=O) groups excluding carboxylic acids is 2. The van der Waals surface area contributed by atoms with Crippen molar-refractivity contribution < 1.29 is 14.3 Å². The van der Waals surface area contributed by atoms with Crippen LogP contribution in [0.5, 0.6) is 0 Å². The van der Waals surface area contributed by atoms with Crippen LogP contribution in [-0.2, 0) is 9.53 Å². The number of hydrogen-bond donors (Lipinski definition) is 3. The summed E-state index contributed by atoms with van der Waals surface area (Å²) >= 11 is 0. The molecular weight excluding hydrogens is 318 g/mol. The summed E-state index contributed by atoms with van der Waals surface area (Å²) in [6.07, 6.45) is 1.45. The highest BCUT2D eigenvalue weighted by molar-refractivity contribution is 5.97. The Bertz CT molecular complexity index is 548. The molecule has 1 aromatic rings. The largest absolute Gasteiger partial charge is 0.375 e. The Morgan fingerprint density at radius 3 is 2.70 bits per heavy atom. The van der Waals surface area contributed by atoms with Crippen molar-refractivity contribution in [1.29, 1.82) is 0 Å². The Morgan fingerprint density at radius 1 is 1.39 bits per heavy atom. The molecule has 1 aromatic carbocycles. The monoisotopic (exact) mass is 339 g/mol. The molecule has 0 spiro atoms. The van der Waals surface area contributed by atoms with E-state index in [-0.39, 0.29) is 36.4 Å². The van der Waals surface area contributed by atoms with E-state index in [1.54, 1.807) is 30.3 Å². The second-order valence-electron chi connectivity index (χ2n) is 5.07. The molecule has 0 aliphatic carbocycles. The quantitative estimate of drug-likeness (QED) is 0.707. The van der Waals surface area contributed by atoms with Gasteiger partial charge in [-0.25, -0.2) is 0 Å². The van der Waals surface area contributed by atoms with Gasteiger partial charge in [0.15, 0.2) is 0 Å². The molecule has 23 heavy (non-hydrogen) atoms. The molecule has 7 heteroatoms. The second kappa shape index (κ2) is 9.29. The summed E-state index contributed by atoms with van der Waals surface area (Å²) in [5.41, 5.74) is 1.18. The van der Waals surface area contributed by atoms with Gasteiger partial charge in [0.05, 0.1) is 12.7 Å². The molecule has 1 aliphatic heterocycles. The van der Waals surface area contributed by atoms with Crippen molar-refractivity contribution in [2.24, 2.45) is 0 Å². The fourth-order valence-electron chi connectivity index (χ4n) is 2.22. The van der Waals surface area contributed by atoms with Crippen LogP contribution in [0.15, 0.2) is 36.9 Å². The number of halogens is 1. The van der Waals surface area contributed by atoms with E-state index >= 15 is 0 Å². The third kappa shape index (κ3) is 5.35. The van der Waals surface area contributed by atoms with Gasteiger partial charge in [0.1, 0.15) is 6.04 Å². The molecule has 1 saturated heterocycles. The van der Waals surface area contributed by atoms with Gasteiger partial charge in [-0.2, -0.15) is 0 Å². The van der Waals surface area contributed by atoms with Gasteiger partial charge in [-0.1, -0.05) is 6.08 Å². The highest BCUT2D eigenvalue weighted by Crippen LogP contribution is 2.12. The van der Waals surface area contributed by atoms with E-state index < -0.39 is 0 Å². The third-order valence-electron chi connectivity index (χ3n) is 3.42. The summed E-state index contributed by atoms with van der Waals surface area (Å²) in [5.74, 6) is -0.315. The minimum atomic E-state index is -0.371. The van der Waals surface area contributed by atoms with Gasteiger partial charge in [0.25, 0.3) is 5.91 Å². The van der Waals surface area contributed by atoms with E-state index in [2.05, 4.69) is 22.5 Å². The average molecular weight is 340 g/mol. The second-order valence-corrected chi connectivity index (χ2v) is 5.07. The summed E-state index contributed by atoms with van der Waals surface area (Å²) in [6.45, 7) is 7.10. The minimum absolute atomic E-state index is 0. The van der Waals surface area contributed by atoms with Crippen LogP contribution in [0, 0.1) is 0 Å². The molecule has 1 aliphatic rings. The van der Waals surface area contributed by atoms with Crippen molar-refractivity contribution in [1.82, 2.24) is 10.6 Å². The van der Waals surface area contributed by atoms with Crippen molar-refractivity contribution in [3.8, 4) is 0 Å². The van der Waals surface area contributed by atoms with Crippen LogP contribution in [0.4, 0.5) is 5.69 Å². The van der Waals surface area contributed by atoms with Crippen molar-refractivity contribution >= 4 is 29.9 Å². The summed E-state index contributed by atoms with van der Waals surface area (Å²) in [6, 6.07) is 6.37. The van der Waals surface area contributed by atoms with Crippen LogP contribution in [0.3, 0.4) is 0 Å². The summed E-state index contributed by atoms with van der Waals surface area (Å²) in [5, 5.41) is 8.65. The number of benzene rings is 1. The maximum Gasteiger partial charge on any atom is 0.251 e. The first kappa shape index (κ1) is 19.2. The van der Waals surface area contributed by atoms with Crippen molar-refractivity contribution in [2.45, 2.75) is 19.1 Å². The van der Waals surface area contributed by atoms with Gasteiger partial charge in [0.2, 0.25) is 5.91 Å². The highest BCUT2D eigenvalue weighted by Gasteiger charge is 2.28. The SMILES string of the molecule is C=CCNC(=O)c1ccc(NC(=O)[C@H]2NCCO[C@@H]2C)cc1.Cl. The number of anilines is 1. The molecule has 0 bridgehead atoms.